The molecule has 0 fully saturated rings. The molecule has 1 unspecified atom stereocenters. The fraction of sp³-hybridized carbons (Fsp3) is 0.538. The Morgan fingerprint density at radius 2 is 1.76 bits per heavy atom. The standard InChI is InChI=1S/C13H21BrO2Si/c1-16-12-7-5-11(6-8-12)13(15,9-14)10-17(2,3)4/h5-8,15H,9-10H2,1-4H3. The van der Waals surface area contributed by atoms with Crippen LogP contribution in [0.3, 0.4) is 0 Å². The quantitative estimate of drug-likeness (QED) is 0.664. The number of hydrogen-bond acceptors (Lipinski definition) is 2. The molecule has 0 heterocycles. The first kappa shape index (κ1) is 14.7. The van der Waals surface area contributed by atoms with E-state index < -0.39 is 13.7 Å². The second-order valence-electron chi connectivity index (χ2n) is 5.63. The van der Waals surface area contributed by atoms with Crippen molar-refractivity contribution in [3.63, 3.8) is 0 Å². The van der Waals surface area contributed by atoms with Gasteiger partial charge in [0.2, 0.25) is 0 Å². The molecule has 96 valence electrons. The molecule has 2 nitrogen and oxygen atoms in total. The molecule has 1 atom stereocenters. The van der Waals surface area contributed by atoms with Gasteiger partial charge >= 0.3 is 0 Å². The summed E-state index contributed by atoms with van der Waals surface area (Å²) in [6.45, 7) is 6.80. The van der Waals surface area contributed by atoms with E-state index >= 15 is 0 Å². The normalized spacial score (nSPS) is 15.4. The lowest BCUT2D eigenvalue weighted by Crippen LogP contribution is -2.37. The zero-order valence-corrected chi connectivity index (χ0v) is 13.5. The molecule has 1 aromatic rings. The van der Waals surface area contributed by atoms with Crippen molar-refractivity contribution in [3.05, 3.63) is 29.8 Å². The lowest BCUT2D eigenvalue weighted by atomic mass is 9.98. The van der Waals surface area contributed by atoms with Crippen molar-refractivity contribution in [2.75, 3.05) is 12.4 Å². The van der Waals surface area contributed by atoms with Crippen molar-refractivity contribution < 1.29 is 9.84 Å². The SMILES string of the molecule is COc1ccc(C(O)(CBr)C[Si](C)(C)C)cc1. The van der Waals surface area contributed by atoms with Crippen molar-refractivity contribution in [2.45, 2.75) is 31.3 Å². The van der Waals surface area contributed by atoms with Crippen LogP contribution in [0.5, 0.6) is 5.75 Å². The summed E-state index contributed by atoms with van der Waals surface area (Å²) in [6, 6.07) is 8.53. The average molecular weight is 317 g/mol. The number of methoxy groups -OCH3 is 1. The molecule has 0 aliphatic heterocycles. The molecule has 0 saturated heterocycles. The largest absolute Gasteiger partial charge is 0.497 e. The minimum Gasteiger partial charge on any atom is -0.497 e. The van der Waals surface area contributed by atoms with Crippen molar-refractivity contribution in [3.8, 4) is 5.75 Å². The van der Waals surface area contributed by atoms with Gasteiger partial charge in [0.25, 0.3) is 0 Å². The summed E-state index contributed by atoms with van der Waals surface area (Å²) in [5.74, 6) is 0.818. The first-order valence-electron chi connectivity index (χ1n) is 5.74. The van der Waals surface area contributed by atoms with E-state index in [1.165, 1.54) is 0 Å². The Hall–Kier alpha value is -0.323. The Morgan fingerprint density at radius 3 is 2.12 bits per heavy atom. The van der Waals surface area contributed by atoms with Gasteiger partial charge in [0.15, 0.2) is 0 Å². The van der Waals surface area contributed by atoms with Crippen LogP contribution in [0, 0.1) is 0 Å². The Kier molecular flexibility index (Phi) is 4.81. The predicted octanol–water partition coefficient (Wildman–Crippen LogP) is 3.62. The highest BCUT2D eigenvalue weighted by Crippen LogP contribution is 2.33. The first-order valence-corrected chi connectivity index (χ1v) is 10.6. The molecule has 1 rings (SSSR count). The average Bonchev–Trinajstić information content (AvgIpc) is 2.27. The highest BCUT2D eigenvalue weighted by atomic mass is 79.9. The van der Waals surface area contributed by atoms with Crippen LogP contribution in [0.15, 0.2) is 24.3 Å². The summed E-state index contributed by atoms with van der Waals surface area (Å²) >= 11 is 3.44. The third-order valence-electron chi connectivity index (χ3n) is 2.67. The number of aliphatic hydroxyl groups is 1. The zero-order chi connectivity index (χ0) is 13.1. The van der Waals surface area contributed by atoms with Crippen LogP contribution in [0.2, 0.25) is 25.7 Å². The fourth-order valence-electron chi connectivity index (χ4n) is 2.01. The van der Waals surface area contributed by atoms with Gasteiger partial charge in [-0.2, -0.15) is 0 Å². The molecule has 0 amide bonds. The van der Waals surface area contributed by atoms with Gasteiger partial charge in [-0.15, -0.1) is 0 Å². The van der Waals surface area contributed by atoms with Crippen LogP contribution >= 0.6 is 15.9 Å². The molecule has 0 aliphatic carbocycles. The zero-order valence-electron chi connectivity index (χ0n) is 11.0. The van der Waals surface area contributed by atoms with Gasteiger partial charge in [-0.05, 0) is 23.7 Å². The third-order valence-corrected chi connectivity index (χ3v) is 5.24. The van der Waals surface area contributed by atoms with Crippen LogP contribution in [-0.4, -0.2) is 25.6 Å². The Labute approximate surface area is 113 Å². The van der Waals surface area contributed by atoms with Gasteiger partial charge in [-0.25, -0.2) is 0 Å². The van der Waals surface area contributed by atoms with E-state index in [-0.39, 0.29) is 0 Å². The van der Waals surface area contributed by atoms with Crippen molar-refractivity contribution in [1.29, 1.82) is 0 Å². The van der Waals surface area contributed by atoms with Crippen LogP contribution < -0.4 is 4.74 Å². The molecule has 4 heteroatoms. The van der Waals surface area contributed by atoms with Gasteiger partial charge in [0.05, 0.1) is 12.7 Å². The van der Waals surface area contributed by atoms with E-state index in [1.54, 1.807) is 7.11 Å². The Morgan fingerprint density at radius 1 is 1.24 bits per heavy atom. The molecule has 0 bridgehead atoms. The molecule has 0 saturated carbocycles. The van der Waals surface area contributed by atoms with Crippen LogP contribution in [0.25, 0.3) is 0 Å². The maximum atomic E-state index is 10.7. The van der Waals surface area contributed by atoms with Gasteiger partial charge in [0.1, 0.15) is 5.75 Å². The summed E-state index contributed by atoms with van der Waals surface area (Å²) in [4.78, 5) is 0. The second kappa shape index (κ2) is 5.55. The molecule has 17 heavy (non-hydrogen) atoms. The first-order chi connectivity index (χ1) is 7.80. The molecule has 0 aliphatic rings. The molecule has 1 N–H and O–H groups in total. The van der Waals surface area contributed by atoms with Gasteiger partial charge in [-0.1, -0.05) is 47.7 Å². The van der Waals surface area contributed by atoms with Crippen molar-refractivity contribution in [1.82, 2.24) is 0 Å². The number of alkyl halides is 1. The maximum absolute atomic E-state index is 10.7. The number of hydrogen-bond donors (Lipinski definition) is 1. The minimum absolute atomic E-state index is 0.566. The third kappa shape index (κ3) is 4.12. The van der Waals surface area contributed by atoms with Crippen molar-refractivity contribution in [2.24, 2.45) is 0 Å². The summed E-state index contributed by atoms with van der Waals surface area (Å²) < 4.78 is 5.13. The van der Waals surface area contributed by atoms with E-state index in [1.807, 2.05) is 24.3 Å². The number of ether oxygens (including phenoxy) is 1. The smallest absolute Gasteiger partial charge is 0.118 e. The lowest BCUT2D eigenvalue weighted by Gasteiger charge is -2.32. The van der Waals surface area contributed by atoms with Gasteiger partial charge < -0.3 is 9.84 Å². The van der Waals surface area contributed by atoms with E-state index in [0.29, 0.717) is 5.33 Å². The van der Waals surface area contributed by atoms with Crippen LogP contribution in [-0.2, 0) is 5.60 Å². The summed E-state index contributed by atoms with van der Waals surface area (Å²) in [5.41, 5.74) is 0.189. The van der Waals surface area contributed by atoms with E-state index in [4.69, 9.17) is 4.74 Å². The number of halogens is 1. The Bertz CT molecular complexity index is 359. The highest BCUT2D eigenvalue weighted by molar-refractivity contribution is 9.09. The van der Waals surface area contributed by atoms with Crippen LogP contribution in [0.4, 0.5) is 0 Å². The minimum atomic E-state index is -1.33. The lowest BCUT2D eigenvalue weighted by molar-refractivity contribution is 0.0836. The predicted molar refractivity (Wildman–Crippen MR) is 78.8 cm³/mol. The fourth-order valence-corrected chi connectivity index (χ4v) is 4.98. The highest BCUT2D eigenvalue weighted by Gasteiger charge is 2.33. The van der Waals surface area contributed by atoms with E-state index in [2.05, 4.69) is 35.6 Å². The summed E-state index contributed by atoms with van der Waals surface area (Å²) in [7, 11) is 0.317. The monoisotopic (exact) mass is 316 g/mol. The molecule has 0 spiro atoms. The van der Waals surface area contributed by atoms with Gasteiger partial charge in [-0.3, -0.25) is 0 Å². The van der Waals surface area contributed by atoms with Gasteiger partial charge in [0, 0.05) is 13.4 Å². The van der Waals surface area contributed by atoms with Crippen molar-refractivity contribution >= 4 is 24.0 Å². The molecular weight excluding hydrogens is 296 g/mol. The summed E-state index contributed by atoms with van der Waals surface area (Å²) in [6.07, 6.45) is 0. The summed E-state index contributed by atoms with van der Waals surface area (Å²) in [5, 5.41) is 11.3. The second-order valence-corrected chi connectivity index (χ2v) is 11.7. The topological polar surface area (TPSA) is 29.5 Å². The molecular formula is C13H21BrO2Si. The molecule has 0 aromatic heterocycles. The Balaban J connectivity index is 2.99. The van der Waals surface area contributed by atoms with Crippen LogP contribution in [0.1, 0.15) is 5.56 Å². The molecule has 0 radical (unpaired) electrons. The maximum Gasteiger partial charge on any atom is 0.118 e. The number of benzene rings is 1. The van der Waals surface area contributed by atoms with E-state index in [9.17, 15) is 5.11 Å². The van der Waals surface area contributed by atoms with E-state index in [0.717, 1.165) is 17.4 Å². The molecule has 1 aromatic carbocycles. The number of rotatable bonds is 5.